The molecule has 0 aromatic heterocycles. The van der Waals surface area contributed by atoms with Gasteiger partial charge in [0.05, 0.1) is 6.21 Å². The van der Waals surface area contributed by atoms with E-state index in [2.05, 4.69) is 26.3 Å². The standard InChI is InChI=1S/C7H6BIN2OS.C2H6/c9-13-11-8(12)7-4-2-1-3-6(7)5-10-11;1-2/h1-5,12H;1-2H3. The highest BCUT2D eigenvalue weighted by molar-refractivity contribution is 14.2. The Bertz CT molecular complexity index is 351. The SMILES string of the molecule is CC.OB1c2ccccc2C=NN1SI. The summed E-state index contributed by atoms with van der Waals surface area (Å²) in [4.78, 5) is 0. The molecular formula is C9H12BIN2OS. The van der Waals surface area contributed by atoms with Crippen LogP contribution < -0.4 is 5.46 Å². The number of nitrogens with zero attached hydrogens (tertiary/aromatic N) is 2. The zero-order chi connectivity index (χ0) is 11.3. The molecular weight excluding hydrogens is 322 g/mol. The molecule has 0 amide bonds. The van der Waals surface area contributed by atoms with Gasteiger partial charge in [0.1, 0.15) is 0 Å². The van der Waals surface area contributed by atoms with E-state index in [9.17, 15) is 5.02 Å². The molecule has 0 unspecified atom stereocenters. The van der Waals surface area contributed by atoms with Gasteiger partial charge in [0.2, 0.25) is 0 Å². The zero-order valence-electron chi connectivity index (χ0n) is 8.59. The third kappa shape index (κ3) is 2.88. The van der Waals surface area contributed by atoms with E-state index in [-0.39, 0.29) is 0 Å². The molecule has 0 atom stereocenters. The van der Waals surface area contributed by atoms with Crippen LogP contribution in [0.1, 0.15) is 19.4 Å². The second-order valence-corrected chi connectivity index (χ2v) is 4.31. The van der Waals surface area contributed by atoms with Crippen molar-refractivity contribution < 1.29 is 5.02 Å². The fourth-order valence-electron chi connectivity index (χ4n) is 1.22. The maximum atomic E-state index is 9.81. The van der Waals surface area contributed by atoms with Crippen LogP contribution in [0.4, 0.5) is 0 Å². The van der Waals surface area contributed by atoms with Gasteiger partial charge in [-0.25, -0.2) is 4.33 Å². The van der Waals surface area contributed by atoms with E-state index in [0.717, 1.165) is 11.0 Å². The molecule has 0 aliphatic carbocycles. The van der Waals surface area contributed by atoms with Crippen molar-refractivity contribution in [3.05, 3.63) is 29.8 Å². The molecule has 15 heavy (non-hydrogen) atoms. The van der Waals surface area contributed by atoms with Crippen LogP contribution in [0.2, 0.25) is 0 Å². The molecule has 1 aliphatic rings. The van der Waals surface area contributed by atoms with Crippen molar-refractivity contribution in [2.24, 2.45) is 5.10 Å². The summed E-state index contributed by atoms with van der Waals surface area (Å²) in [6.07, 6.45) is 1.76. The van der Waals surface area contributed by atoms with Crippen molar-refractivity contribution in [3.8, 4) is 0 Å². The van der Waals surface area contributed by atoms with Crippen LogP contribution in [0, 0.1) is 0 Å². The minimum absolute atomic E-state index is 0.636. The normalized spacial score (nSPS) is 13.1. The van der Waals surface area contributed by atoms with Crippen LogP contribution in [-0.4, -0.2) is 22.6 Å². The third-order valence-corrected chi connectivity index (χ3v) is 3.51. The van der Waals surface area contributed by atoms with Gasteiger partial charge in [0.15, 0.2) is 0 Å². The Kier molecular flexibility index (Phi) is 5.48. The Balaban J connectivity index is 0.000000531. The average Bonchev–Trinajstić information content (AvgIpc) is 2.33. The van der Waals surface area contributed by atoms with Crippen LogP contribution in [0.5, 0.6) is 0 Å². The molecule has 6 heteroatoms. The Labute approximate surface area is 107 Å². The Morgan fingerprint density at radius 3 is 2.73 bits per heavy atom. The van der Waals surface area contributed by atoms with Crippen molar-refractivity contribution in [2.75, 3.05) is 0 Å². The van der Waals surface area contributed by atoms with Crippen LogP contribution in [0.15, 0.2) is 29.4 Å². The summed E-state index contributed by atoms with van der Waals surface area (Å²) in [5.74, 6) is 0. The quantitative estimate of drug-likeness (QED) is 0.485. The van der Waals surface area contributed by atoms with Crippen molar-refractivity contribution in [1.29, 1.82) is 0 Å². The highest BCUT2D eigenvalue weighted by Gasteiger charge is 2.28. The minimum Gasteiger partial charge on any atom is -0.427 e. The first kappa shape index (κ1) is 12.9. The van der Waals surface area contributed by atoms with Gasteiger partial charge in [-0.2, -0.15) is 5.10 Å². The molecule has 2 rings (SSSR count). The first-order chi connectivity index (χ1) is 7.33. The topological polar surface area (TPSA) is 35.8 Å². The highest BCUT2D eigenvalue weighted by Crippen LogP contribution is 2.21. The minimum atomic E-state index is -0.636. The van der Waals surface area contributed by atoms with E-state index in [1.165, 1.54) is 9.12 Å². The van der Waals surface area contributed by atoms with Gasteiger partial charge in [-0.05, 0) is 11.0 Å². The van der Waals surface area contributed by atoms with E-state index >= 15 is 0 Å². The molecule has 0 spiro atoms. The van der Waals surface area contributed by atoms with Crippen LogP contribution in [0.3, 0.4) is 0 Å². The summed E-state index contributed by atoms with van der Waals surface area (Å²) in [7, 11) is 0.737. The number of fused-ring (bicyclic) bond motifs is 1. The Morgan fingerprint density at radius 2 is 2.07 bits per heavy atom. The molecule has 1 N–H and O–H groups in total. The molecule has 1 heterocycles. The zero-order valence-corrected chi connectivity index (χ0v) is 11.6. The molecule has 0 radical (unpaired) electrons. The lowest BCUT2D eigenvalue weighted by Gasteiger charge is -2.22. The second-order valence-electron chi connectivity index (χ2n) is 2.62. The van der Waals surface area contributed by atoms with Crippen molar-refractivity contribution in [2.45, 2.75) is 13.8 Å². The first-order valence-electron chi connectivity index (χ1n) is 4.72. The summed E-state index contributed by atoms with van der Waals surface area (Å²) < 4.78 is 1.56. The Morgan fingerprint density at radius 1 is 1.40 bits per heavy atom. The van der Waals surface area contributed by atoms with Crippen molar-refractivity contribution in [1.82, 2.24) is 4.33 Å². The number of hydrogen-bond donors (Lipinski definition) is 1. The van der Waals surface area contributed by atoms with Crippen LogP contribution in [-0.2, 0) is 0 Å². The van der Waals surface area contributed by atoms with E-state index in [0.29, 0.717) is 0 Å². The lowest BCUT2D eigenvalue weighted by atomic mass is 9.72. The first-order valence-corrected chi connectivity index (χ1v) is 8.03. The van der Waals surface area contributed by atoms with Crippen molar-refractivity contribution in [3.63, 3.8) is 0 Å². The molecule has 1 aromatic carbocycles. The van der Waals surface area contributed by atoms with Crippen LogP contribution >= 0.6 is 30.3 Å². The molecule has 0 saturated carbocycles. The average molecular weight is 334 g/mol. The lowest BCUT2D eigenvalue weighted by molar-refractivity contribution is 0.518. The monoisotopic (exact) mass is 334 g/mol. The molecule has 0 saturated heterocycles. The summed E-state index contributed by atoms with van der Waals surface area (Å²) >= 11 is 2.09. The van der Waals surface area contributed by atoms with Gasteiger partial charge in [0.25, 0.3) is 0 Å². The summed E-state index contributed by atoms with van der Waals surface area (Å²) in [5, 5.41) is 13.9. The largest absolute Gasteiger partial charge is 0.478 e. The molecule has 1 aliphatic heterocycles. The third-order valence-electron chi connectivity index (χ3n) is 1.86. The molecule has 80 valence electrons. The predicted molar refractivity (Wildman–Crippen MR) is 76.4 cm³/mol. The molecule has 3 nitrogen and oxygen atoms in total. The molecule has 0 fully saturated rings. The van der Waals surface area contributed by atoms with Gasteiger partial charge in [-0.3, -0.25) is 0 Å². The number of hydrazone groups is 1. The summed E-state index contributed by atoms with van der Waals surface area (Å²) in [6, 6.07) is 7.70. The smallest absolute Gasteiger partial charge is 0.427 e. The number of halogens is 1. The van der Waals surface area contributed by atoms with Gasteiger partial charge in [-0.15, -0.1) is 0 Å². The lowest BCUT2D eigenvalue weighted by Crippen LogP contribution is -2.46. The van der Waals surface area contributed by atoms with E-state index in [1.54, 1.807) is 10.5 Å². The molecule has 0 bridgehead atoms. The summed E-state index contributed by atoms with van der Waals surface area (Å²) in [5.41, 5.74) is 1.89. The van der Waals surface area contributed by atoms with Gasteiger partial charge >= 0.3 is 7.05 Å². The van der Waals surface area contributed by atoms with Gasteiger partial charge < -0.3 is 5.02 Å². The van der Waals surface area contributed by atoms with Gasteiger partial charge in [-0.1, -0.05) is 38.1 Å². The Hall–Kier alpha value is -0.205. The number of benzene rings is 1. The van der Waals surface area contributed by atoms with E-state index in [4.69, 9.17) is 0 Å². The van der Waals surface area contributed by atoms with Crippen LogP contribution in [0.25, 0.3) is 0 Å². The van der Waals surface area contributed by atoms with Crippen molar-refractivity contribution >= 4 is 49.1 Å². The second kappa shape index (κ2) is 6.39. The summed E-state index contributed by atoms with van der Waals surface area (Å²) in [6.45, 7) is 4.00. The fourth-order valence-corrected chi connectivity index (χ4v) is 2.44. The maximum absolute atomic E-state index is 9.81. The predicted octanol–water partition coefficient (Wildman–Crippen LogP) is 2.05. The molecule has 1 aromatic rings. The maximum Gasteiger partial charge on any atom is 0.478 e. The highest BCUT2D eigenvalue weighted by atomic mass is 127. The van der Waals surface area contributed by atoms with E-state index in [1.807, 2.05) is 38.1 Å². The number of rotatable bonds is 1. The van der Waals surface area contributed by atoms with Gasteiger partial charge in [0, 0.05) is 30.3 Å². The number of hydrogen-bond acceptors (Lipinski definition) is 4. The van der Waals surface area contributed by atoms with E-state index < -0.39 is 7.05 Å². The fraction of sp³-hybridized carbons (Fsp3) is 0.222.